The first-order chi connectivity index (χ1) is 7.49. The van der Waals surface area contributed by atoms with Crippen molar-refractivity contribution in [3.05, 3.63) is 18.1 Å². The molecule has 1 rings (SSSR count). The van der Waals surface area contributed by atoms with Gasteiger partial charge in [-0.3, -0.25) is 9.88 Å². The number of aliphatic hydroxyl groups is 1. The zero-order valence-corrected chi connectivity index (χ0v) is 9.94. The van der Waals surface area contributed by atoms with Gasteiger partial charge in [-0.05, 0) is 20.9 Å². The molecule has 0 atom stereocenters. The average Bonchev–Trinajstić information content (AvgIpc) is 2.30. The number of nitrogens with two attached hydrogens (primary N) is 1. The van der Waals surface area contributed by atoms with Gasteiger partial charge in [0, 0.05) is 12.1 Å². The van der Waals surface area contributed by atoms with Crippen molar-refractivity contribution in [1.82, 2.24) is 14.9 Å². The Morgan fingerprint density at radius 2 is 2.12 bits per heavy atom. The van der Waals surface area contributed by atoms with Gasteiger partial charge in [0.15, 0.2) is 5.82 Å². The Bertz CT molecular complexity index is 324. The Hall–Kier alpha value is -1.24. The fourth-order valence-electron chi connectivity index (χ4n) is 1.09. The van der Waals surface area contributed by atoms with E-state index < -0.39 is 0 Å². The first-order valence-corrected chi connectivity index (χ1v) is 5.09. The van der Waals surface area contributed by atoms with Crippen LogP contribution in [0.3, 0.4) is 0 Å². The molecule has 0 amide bonds. The van der Waals surface area contributed by atoms with Crippen LogP contribution in [-0.4, -0.2) is 39.2 Å². The van der Waals surface area contributed by atoms with E-state index in [4.69, 9.17) is 5.84 Å². The van der Waals surface area contributed by atoms with Gasteiger partial charge in [0.1, 0.15) is 0 Å². The monoisotopic (exact) mass is 225 g/mol. The van der Waals surface area contributed by atoms with E-state index in [0.717, 1.165) is 5.69 Å². The number of hydrogen-bond donors (Lipinski definition) is 3. The Balaban J connectivity index is 2.66. The van der Waals surface area contributed by atoms with Gasteiger partial charge in [-0.2, -0.15) is 0 Å². The van der Waals surface area contributed by atoms with Gasteiger partial charge in [0.25, 0.3) is 0 Å². The molecule has 1 aromatic rings. The van der Waals surface area contributed by atoms with Crippen LogP contribution in [0.25, 0.3) is 0 Å². The van der Waals surface area contributed by atoms with Crippen molar-refractivity contribution in [1.29, 1.82) is 0 Å². The highest BCUT2D eigenvalue weighted by Crippen LogP contribution is 2.13. The van der Waals surface area contributed by atoms with Crippen LogP contribution in [0.4, 0.5) is 5.82 Å². The molecule has 0 radical (unpaired) electrons. The number of aromatic nitrogens is 2. The molecule has 0 aliphatic rings. The third-order valence-electron chi connectivity index (χ3n) is 2.67. The van der Waals surface area contributed by atoms with Crippen molar-refractivity contribution in [3.63, 3.8) is 0 Å². The van der Waals surface area contributed by atoms with Crippen LogP contribution in [-0.2, 0) is 6.54 Å². The molecule has 1 heterocycles. The van der Waals surface area contributed by atoms with Crippen molar-refractivity contribution in [2.24, 2.45) is 5.84 Å². The lowest BCUT2D eigenvalue weighted by molar-refractivity contribution is 0.0724. The van der Waals surface area contributed by atoms with Gasteiger partial charge in [-0.1, -0.05) is 0 Å². The topological polar surface area (TPSA) is 87.3 Å². The molecular weight excluding hydrogens is 206 g/mol. The van der Waals surface area contributed by atoms with E-state index in [1.807, 2.05) is 25.8 Å². The second-order valence-electron chi connectivity index (χ2n) is 4.36. The van der Waals surface area contributed by atoms with E-state index in [1.54, 1.807) is 12.4 Å². The van der Waals surface area contributed by atoms with E-state index in [0.29, 0.717) is 12.4 Å². The Morgan fingerprint density at radius 1 is 1.44 bits per heavy atom. The number of likely N-dealkylation sites (N-methyl/N-ethyl adjacent to an activating group) is 1. The predicted octanol–water partition coefficient (Wildman–Crippen LogP) is -0.0351. The lowest BCUT2D eigenvalue weighted by Gasteiger charge is -2.33. The van der Waals surface area contributed by atoms with Gasteiger partial charge in [-0.25, -0.2) is 10.8 Å². The predicted molar refractivity (Wildman–Crippen MR) is 62.5 cm³/mol. The van der Waals surface area contributed by atoms with Crippen molar-refractivity contribution >= 4 is 5.82 Å². The number of hydrogen-bond acceptors (Lipinski definition) is 6. The van der Waals surface area contributed by atoms with Crippen LogP contribution >= 0.6 is 0 Å². The molecule has 4 N–H and O–H groups in total. The highest BCUT2D eigenvalue weighted by atomic mass is 16.3. The normalized spacial score (nSPS) is 11.9. The molecule has 16 heavy (non-hydrogen) atoms. The molecule has 6 nitrogen and oxygen atoms in total. The van der Waals surface area contributed by atoms with Crippen LogP contribution in [0.5, 0.6) is 0 Å². The molecule has 6 heteroatoms. The maximum absolute atomic E-state index is 9.22. The SMILES string of the molecule is CN(Cc1cnc(NN)cn1)C(C)(C)CO. The maximum Gasteiger partial charge on any atom is 0.158 e. The number of nitrogen functional groups attached to an aromatic ring is 1. The molecule has 0 saturated carbocycles. The Labute approximate surface area is 95.5 Å². The highest BCUT2D eigenvalue weighted by molar-refractivity contribution is 5.28. The van der Waals surface area contributed by atoms with Crippen molar-refractivity contribution in [2.75, 3.05) is 19.1 Å². The zero-order valence-electron chi connectivity index (χ0n) is 9.94. The molecule has 0 fully saturated rings. The van der Waals surface area contributed by atoms with Crippen LogP contribution in [0.2, 0.25) is 0 Å². The zero-order chi connectivity index (χ0) is 12.2. The summed E-state index contributed by atoms with van der Waals surface area (Å²) < 4.78 is 0. The van der Waals surface area contributed by atoms with Gasteiger partial charge >= 0.3 is 0 Å². The summed E-state index contributed by atoms with van der Waals surface area (Å²) in [5.74, 6) is 5.73. The van der Waals surface area contributed by atoms with Crippen molar-refractivity contribution in [3.8, 4) is 0 Å². The fraction of sp³-hybridized carbons (Fsp3) is 0.600. The summed E-state index contributed by atoms with van der Waals surface area (Å²) in [6.45, 7) is 4.66. The van der Waals surface area contributed by atoms with Gasteiger partial charge in [0.2, 0.25) is 0 Å². The van der Waals surface area contributed by atoms with Crippen LogP contribution in [0.1, 0.15) is 19.5 Å². The molecule has 0 aliphatic carbocycles. The third-order valence-corrected chi connectivity index (χ3v) is 2.67. The Kier molecular flexibility index (Phi) is 4.17. The molecule has 0 bridgehead atoms. The minimum absolute atomic E-state index is 0.0966. The summed E-state index contributed by atoms with van der Waals surface area (Å²) in [5, 5.41) is 9.22. The highest BCUT2D eigenvalue weighted by Gasteiger charge is 2.22. The van der Waals surface area contributed by atoms with Crippen LogP contribution in [0.15, 0.2) is 12.4 Å². The fourth-order valence-corrected chi connectivity index (χ4v) is 1.09. The first-order valence-electron chi connectivity index (χ1n) is 5.09. The van der Waals surface area contributed by atoms with Gasteiger partial charge in [0.05, 0.1) is 24.7 Å². The Morgan fingerprint density at radius 3 is 2.56 bits per heavy atom. The second-order valence-corrected chi connectivity index (χ2v) is 4.36. The number of nitrogens with zero attached hydrogens (tertiary/aromatic N) is 3. The quantitative estimate of drug-likeness (QED) is 0.481. The minimum Gasteiger partial charge on any atom is -0.394 e. The summed E-state index contributed by atoms with van der Waals surface area (Å²) in [6, 6.07) is 0. The molecule has 0 spiro atoms. The summed E-state index contributed by atoms with van der Waals surface area (Å²) in [7, 11) is 1.94. The summed E-state index contributed by atoms with van der Waals surface area (Å²) in [5.41, 5.74) is 2.99. The number of rotatable bonds is 5. The van der Waals surface area contributed by atoms with Crippen LogP contribution in [0, 0.1) is 0 Å². The number of anilines is 1. The molecule has 90 valence electrons. The summed E-state index contributed by atoms with van der Waals surface area (Å²) in [4.78, 5) is 10.3. The largest absolute Gasteiger partial charge is 0.394 e. The number of hydrazine groups is 1. The number of aliphatic hydroxyl groups excluding tert-OH is 1. The maximum atomic E-state index is 9.22. The van der Waals surface area contributed by atoms with E-state index in [9.17, 15) is 5.11 Å². The molecule has 1 aromatic heterocycles. The standard InChI is InChI=1S/C10H19N5O/c1-10(2,7-16)15(3)6-8-4-13-9(14-11)5-12-8/h4-5,16H,6-7,11H2,1-3H3,(H,13,14). The van der Waals surface area contributed by atoms with Crippen LogP contribution < -0.4 is 11.3 Å². The molecule has 0 unspecified atom stereocenters. The van der Waals surface area contributed by atoms with Crippen molar-refractivity contribution in [2.45, 2.75) is 25.9 Å². The van der Waals surface area contributed by atoms with E-state index in [-0.39, 0.29) is 12.1 Å². The molecular formula is C10H19N5O. The summed E-state index contributed by atoms with van der Waals surface area (Å²) in [6.07, 6.45) is 3.24. The molecule has 0 saturated heterocycles. The van der Waals surface area contributed by atoms with E-state index in [1.165, 1.54) is 0 Å². The molecule has 0 aromatic carbocycles. The lowest BCUT2D eigenvalue weighted by atomic mass is 10.1. The van der Waals surface area contributed by atoms with E-state index >= 15 is 0 Å². The minimum atomic E-state index is -0.271. The van der Waals surface area contributed by atoms with E-state index in [2.05, 4.69) is 15.4 Å². The third kappa shape index (κ3) is 3.13. The average molecular weight is 225 g/mol. The number of nitrogens with one attached hydrogen (secondary N) is 1. The lowest BCUT2D eigenvalue weighted by Crippen LogP contribution is -2.43. The molecule has 0 aliphatic heterocycles. The van der Waals surface area contributed by atoms with Gasteiger partial charge in [-0.15, -0.1) is 0 Å². The first kappa shape index (κ1) is 12.8. The van der Waals surface area contributed by atoms with Crippen molar-refractivity contribution < 1.29 is 5.11 Å². The smallest absolute Gasteiger partial charge is 0.158 e. The van der Waals surface area contributed by atoms with Gasteiger partial charge < -0.3 is 10.5 Å². The second kappa shape index (κ2) is 5.20. The summed E-state index contributed by atoms with van der Waals surface area (Å²) >= 11 is 0.